The van der Waals surface area contributed by atoms with Crippen molar-refractivity contribution in [2.24, 2.45) is 0 Å². The highest BCUT2D eigenvalue weighted by Gasteiger charge is 2.22. The van der Waals surface area contributed by atoms with E-state index in [9.17, 15) is 0 Å². The standard InChI is InChI=1S/C29H31ClN4/c1-7-8-24-15-25-20(5)31-28-27(26-18(3)13-17(2)14-19(26)4)21(6)32-34(28)29(25)33(24)16-22-9-11-23(30)12-10-22/h9-15H,7-8,16H2,1-6H3. The van der Waals surface area contributed by atoms with E-state index in [0.29, 0.717) is 0 Å². The average molecular weight is 471 g/mol. The molecule has 0 saturated carbocycles. The Morgan fingerprint density at radius 3 is 2.18 bits per heavy atom. The molecule has 3 heterocycles. The van der Waals surface area contributed by atoms with Crippen molar-refractivity contribution in [3.8, 4) is 11.1 Å². The molecule has 0 amide bonds. The molecule has 5 aromatic rings. The Kier molecular flexibility index (Phi) is 5.73. The summed E-state index contributed by atoms with van der Waals surface area (Å²) in [7, 11) is 0. The van der Waals surface area contributed by atoms with Crippen LogP contribution in [0.2, 0.25) is 5.02 Å². The van der Waals surface area contributed by atoms with Gasteiger partial charge in [0.2, 0.25) is 0 Å². The summed E-state index contributed by atoms with van der Waals surface area (Å²) in [5.74, 6) is 0. The summed E-state index contributed by atoms with van der Waals surface area (Å²) in [6.45, 7) is 13.7. The van der Waals surface area contributed by atoms with Crippen LogP contribution in [0.4, 0.5) is 0 Å². The van der Waals surface area contributed by atoms with Gasteiger partial charge in [-0.25, -0.2) is 4.98 Å². The number of benzene rings is 2. The Labute approximate surface area is 206 Å². The van der Waals surface area contributed by atoms with Crippen LogP contribution in [0, 0.1) is 34.6 Å². The highest BCUT2D eigenvalue weighted by Crippen LogP contribution is 2.36. The van der Waals surface area contributed by atoms with Crippen molar-refractivity contribution in [1.29, 1.82) is 0 Å². The smallest absolute Gasteiger partial charge is 0.165 e. The molecule has 174 valence electrons. The number of aryl methyl sites for hydroxylation is 6. The van der Waals surface area contributed by atoms with Gasteiger partial charge in [-0.2, -0.15) is 9.61 Å². The third-order valence-corrected chi connectivity index (χ3v) is 6.99. The van der Waals surface area contributed by atoms with E-state index in [4.69, 9.17) is 21.7 Å². The molecule has 0 saturated heterocycles. The molecule has 0 aliphatic rings. The molecule has 5 heteroatoms. The predicted octanol–water partition coefficient (Wildman–Crippen LogP) is 7.55. The first-order valence-corrected chi connectivity index (χ1v) is 12.4. The molecule has 5 rings (SSSR count). The van der Waals surface area contributed by atoms with Crippen molar-refractivity contribution in [1.82, 2.24) is 19.2 Å². The van der Waals surface area contributed by atoms with Crippen molar-refractivity contribution >= 4 is 28.3 Å². The van der Waals surface area contributed by atoms with E-state index in [0.717, 1.165) is 58.0 Å². The number of aromatic nitrogens is 4. The van der Waals surface area contributed by atoms with Gasteiger partial charge in [-0.1, -0.05) is 54.8 Å². The van der Waals surface area contributed by atoms with Crippen LogP contribution in [0.25, 0.3) is 27.8 Å². The van der Waals surface area contributed by atoms with Gasteiger partial charge in [0.05, 0.1) is 17.0 Å². The van der Waals surface area contributed by atoms with Crippen molar-refractivity contribution < 1.29 is 0 Å². The Morgan fingerprint density at radius 1 is 0.853 bits per heavy atom. The van der Waals surface area contributed by atoms with Crippen molar-refractivity contribution in [2.75, 3.05) is 0 Å². The van der Waals surface area contributed by atoms with Crippen LogP contribution >= 0.6 is 11.6 Å². The van der Waals surface area contributed by atoms with Gasteiger partial charge < -0.3 is 4.57 Å². The Morgan fingerprint density at radius 2 is 1.53 bits per heavy atom. The molecule has 2 aromatic carbocycles. The highest BCUT2D eigenvalue weighted by atomic mass is 35.5. The molecule has 0 N–H and O–H groups in total. The lowest BCUT2D eigenvalue weighted by molar-refractivity contribution is 0.727. The van der Waals surface area contributed by atoms with Gasteiger partial charge in [-0.15, -0.1) is 0 Å². The zero-order chi connectivity index (χ0) is 24.1. The van der Waals surface area contributed by atoms with E-state index in [-0.39, 0.29) is 0 Å². The molecule has 0 aliphatic heterocycles. The molecule has 0 atom stereocenters. The Balaban J connectivity index is 1.82. The summed E-state index contributed by atoms with van der Waals surface area (Å²) >= 11 is 6.15. The normalized spacial score (nSPS) is 11.7. The van der Waals surface area contributed by atoms with Crippen LogP contribution in [0.5, 0.6) is 0 Å². The van der Waals surface area contributed by atoms with E-state index in [2.05, 4.69) is 81.0 Å². The van der Waals surface area contributed by atoms with Gasteiger partial charge in [0, 0.05) is 22.6 Å². The lowest BCUT2D eigenvalue weighted by atomic mass is 9.94. The summed E-state index contributed by atoms with van der Waals surface area (Å²) in [4.78, 5) is 5.11. The summed E-state index contributed by atoms with van der Waals surface area (Å²) < 4.78 is 4.48. The quantitative estimate of drug-likeness (QED) is 0.266. The van der Waals surface area contributed by atoms with E-state index in [1.165, 1.54) is 33.5 Å². The summed E-state index contributed by atoms with van der Waals surface area (Å²) in [6, 6.07) is 14.9. The maximum absolute atomic E-state index is 6.15. The predicted molar refractivity (Wildman–Crippen MR) is 142 cm³/mol. The van der Waals surface area contributed by atoms with Crippen LogP contribution in [-0.2, 0) is 13.0 Å². The SMILES string of the molecule is CCCc1cc2c(C)nc3c(-c4c(C)cc(C)cc4C)c(C)nn3c2n1Cc1ccc(Cl)cc1. The van der Waals surface area contributed by atoms with Gasteiger partial charge in [0.25, 0.3) is 0 Å². The summed E-state index contributed by atoms with van der Waals surface area (Å²) in [6.07, 6.45) is 2.09. The third-order valence-electron chi connectivity index (χ3n) is 6.74. The zero-order valence-corrected chi connectivity index (χ0v) is 21.6. The number of nitrogens with zero attached hydrogens (tertiary/aromatic N) is 4. The van der Waals surface area contributed by atoms with E-state index in [1.807, 2.05) is 12.1 Å². The van der Waals surface area contributed by atoms with Gasteiger partial charge >= 0.3 is 0 Å². The molecule has 0 unspecified atom stereocenters. The largest absolute Gasteiger partial charge is 0.325 e. The van der Waals surface area contributed by atoms with Crippen molar-refractivity contribution in [3.63, 3.8) is 0 Å². The second-order valence-corrected chi connectivity index (χ2v) is 9.94. The Bertz CT molecular complexity index is 1510. The minimum atomic E-state index is 0.758. The van der Waals surface area contributed by atoms with Crippen molar-refractivity contribution in [3.05, 3.63) is 86.8 Å². The number of fused-ring (bicyclic) bond motifs is 3. The number of rotatable bonds is 5. The monoisotopic (exact) mass is 470 g/mol. The van der Waals surface area contributed by atoms with Crippen LogP contribution in [0.1, 0.15) is 52.7 Å². The first-order chi connectivity index (χ1) is 16.3. The molecule has 0 bridgehead atoms. The van der Waals surface area contributed by atoms with E-state index < -0.39 is 0 Å². The minimum Gasteiger partial charge on any atom is -0.325 e. The molecule has 0 aliphatic carbocycles. The summed E-state index contributed by atoms with van der Waals surface area (Å²) in [5, 5.41) is 6.99. The fourth-order valence-corrected chi connectivity index (χ4v) is 5.48. The van der Waals surface area contributed by atoms with Gasteiger partial charge in [0.15, 0.2) is 5.65 Å². The van der Waals surface area contributed by atoms with Crippen LogP contribution in [0.3, 0.4) is 0 Å². The Hall–Kier alpha value is -3.11. The number of hydrogen-bond acceptors (Lipinski definition) is 2. The van der Waals surface area contributed by atoms with Gasteiger partial charge in [-0.3, -0.25) is 0 Å². The first-order valence-electron chi connectivity index (χ1n) is 12.0. The van der Waals surface area contributed by atoms with E-state index >= 15 is 0 Å². The molecule has 34 heavy (non-hydrogen) atoms. The van der Waals surface area contributed by atoms with Gasteiger partial charge in [-0.05, 0) is 81.5 Å². The van der Waals surface area contributed by atoms with Crippen LogP contribution in [-0.4, -0.2) is 19.2 Å². The fourth-order valence-electron chi connectivity index (χ4n) is 5.35. The minimum absolute atomic E-state index is 0.758. The van der Waals surface area contributed by atoms with Crippen LogP contribution < -0.4 is 0 Å². The third kappa shape index (κ3) is 3.70. The molecular weight excluding hydrogens is 440 g/mol. The molecule has 0 fully saturated rings. The number of halogens is 1. The topological polar surface area (TPSA) is 35.1 Å². The van der Waals surface area contributed by atoms with Crippen molar-refractivity contribution in [2.45, 2.75) is 60.9 Å². The average Bonchev–Trinajstić information content (AvgIpc) is 3.28. The molecule has 4 nitrogen and oxygen atoms in total. The van der Waals surface area contributed by atoms with E-state index in [1.54, 1.807) is 0 Å². The number of hydrogen-bond donors (Lipinski definition) is 0. The lowest BCUT2D eigenvalue weighted by Gasteiger charge is -2.13. The maximum Gasteiger partial charge on any atom is 0.165 e. The molecule has 0 radical (unpaired) electrons. The summed E-state index contributed by atoms with van der Waals surface area (Å²) in [5.41, 5.74) is 12.8. The molecular formula is C29H31ClN4. The van der Waals surface area contributed by atoms with Gasteiger partial charge in [0.1, 0.15) is 5.65 Å². The second kappa shape index (κ2) is 8.59. The first kappa shape index (κ1) is 22.7. The zero-order valence-electron chi connectivity index (χ0n) is 20.8. The molecule has 0 spiro atoms. The second-order valence-electron chi connectivity index (χ2n) is 9.50. The lowest BCUT2D eigenvalue weighted by Crippen LogP contribution is -2.08. The maximum atomic E-state index is 6.15. The molecule has 3 aromatic heterocycles. The fraction of sp³-hybridized carbons (Fsp3) is 0.310. The van der Waals surface area contributed by atoms with Crippen LogP contribution in [0.15, 0.2) is 42.5 Å². The highest BCUT2D eigenvalue weighted by molar-refractivity contribution is 6.30.